The zero-order valence-corrected chi connectivity index (χ0v) is 14.4. The topological polar surface area (TPSA) is 99.9 Å². The van der Waals surface area contributed by atoms with Gasteiger partial charge in [-0.1, -0.05) is 6.07 Å². The van der Waals surface area contributed by atoms with Gasteiger partial charge in [-0.05, 0) is 51.3 Å². The Kier molecular flexibility index (Phi) is 4.95. The summed E-state index contributed by atoms with van der Waals surface area (Å²) in [6.07, 6.45) is 2.75. The molecule has 0 atom stereocenters. The number of pyridine rings is 1. The van der Waals surface area contributed by atoms with Gasteiger partial charge in [0.1, 0.15) is 17.2 Å². The monoisotopic (exact) mass is 338 g/mol. The number of H-pyrrole nitrogens is 1. The first kappa shape index (κ1) is 16.9. The molecule has 25 heavy (non-hydrogen) atoms. The van der Waals surface area contributed by atoms with Crippen molar-refractivity contribution >= 4 is 22.8 Å². The Hall–Kier alpha value is -2.93. The van der Waals surface area contributed by atoms with Gasteiger partial charge in [0.15, 0.2) is 0 Å². The number of amides is 1. The van der Waals surface area contributed by atoms with Crippen molar-refractivity contribution in [2.75, 3.05) is 32.5 Å². The van der Waals surface area contributed by atoms with Crippen LogP contribution >= 0.6 is 0 Å². The summed E-state index contributed by atoms with van der Waals surface area (Å²) in [5.41, 5.74) is 8.06. The van der Waals surface area contributed by atoms with E-state index in [1.165, 1.54) is 0 Å². The van der Waals surface area contributed by atoms with Crippen molar-refractivity contribution in [3.63, 3.8) is 0 Å². The zero-order chi connectivity index (χ0) is 17.8. The van der Waals surface area contributed by atoms with Crippen LogP contribution in [0.4, 0.5) is 5.82 Å². The highest BCUT2D eigenvalue weighted by molar-refractivity contribution is 6.04. The number of primary amides is 1. The van der Waals surface area contributed by atoms with Crippen molar-refractivity contribution in [3.05, 3.63) is 42.1 Å². The van der Waals surface area contributed by atoms with Crippen LogP contribution in [0.1, 0.15) is 16.8 Å². The second-order valence-electron chi connectivity index (χ2n) is 6.13. The number of anilines is 1. The Balaban J connectivity index is 1.90. The Morgan fingerprint density at radius 3 is 2.88 bits per heavy atom. The summed E-state index contributed by atoms with van der Waals surface area (Å²) in [5, 5.41) is 3.36. The summed E-state index contributed by atoms with van der Waals surface area (Å²) in [6, 6.07) is 9.15. The fraction of sp³-hybridized carbons (Fsp3) is 0.278. The van der Waals surface area contributed by atoms with Crippen LogP contribution in [0.2, 0.25) is 0 Å². The molecule has 0 spiro atoms. The number of imidazole rings is 1. The third-order valence-electron chi connectivity index (χ3n) is 3.92. The molecule has 2 heterocycles. The molecule has 3 aromatic rings. The first-order chi connectivity index (χ1) is 12.1. The molecule has 0 saturated carbocycles. The molecule has 0 aliphatic heterocycles. The van der Waals surface area contributed by atoms with Crippen LogP contribution in [-0.4, -0.2) is 52.9 Å². The van der Waals surface area contributed by atoms with E-state index in [-0.39, 0.29) is 0 Å². The SMILES string of the molecule is CN(C)CCCNc1ncccc1-c1nc2c(C(N)=O)cccc2[nH]1. The summed E-state index contributed by atoms with van der Waals surface area (Å²) >= 11 is 0. The molecule has 2 aromatic heterocycles. The molecule has 0 aliphatic rings. The number of benzene rings is 1. The maximum absolute atomic E-state index is 11.6. The number of aromatic nitrogens is 3. The molecule has 0 aliphatic carbocycles. The molecule has 7 nitrogen and oxygen atoms in total. The van der Waals surface area contributed by atoms with Crippen LogP contribution in [0.15, 0.2) is 36.5 Å². The standard InChI is InChI=1S/C18H22N6O/c1-24(2)11-5-10-21-17-13(7-4-9-20-17)18-22-14-8-3-6-12(16(19)25)15(14)23-18/h3-4,6-9H,5,10-11H2,1-2H3,(H2,19,25)(H,20,21)(H,22,23). The predicted octanol–water partition coefficient (Wildman–Crippen LogP) is 2.09. The molecule has 0 bridgehead atoms. The molecule has 0 fully saturated rings. The number of para-hydroxylation sites is 1. The lowest BCUT2D eigenvalue weighted by atomic mass is 10.2. The lowest BCUT2D eigenvalue weighted by Gasteiger charge is -2.11. The van der Waals surface area contributed by atoms with Gasteiger partial charge >= 0.3 is 0 Å². The van der Waals surface area contributed by atoms with Crippen molar-refractivity contribution in [1.82, 2.24) is 19.9 Å². The molecule has 4 N–H and O–H groups in total. The van der Waals surface area contributed by atoms with E-state index in [1.54, 1.807) is 18.3 Å². The number of rotatable bonds is 7. The maximum atomic E-state index is 11.6. The number of nitrogens with one attached hydrogen (secondary N) is 2. The highest BCUT2D eigenvalue weighted by Crippen LogP contribution is 2.27. The van der Waals surface area contributed by atoms with E-state index >= 15 is 0 Å². The minimum absolute atomic E-state index is 0.407. The summed E-state index contributed by atoms with van der Waals surface area (Å²) < 4.78 is 0. The average molecular weight is 338 g/mol. The normalized spacial score (nSPS) is 11.2. The van der Waals surface area contributed by atoms with Crippen LogP contribution in [0, 0.1) is 0 Å². The number of nitrogens with two attached hydrogens (primary N) is 1. The maximum Gasteiger partial charge on any atom is 0.250 e. The summed E-state index contributed by atoms with van der Waals surface area (Å²) in [7, 11) is 4.11. The van der Waals surface area contributed by atoms with Crippen molar-refractivity contribution in [2.24, 2.45) is 5.73 Å². The van der Waals surface area contributed by atoms with E-state index in [4.69, 9.17) is 5.73 Å². The van der Waals surface area contributed by atoms with E-state index in [9.17, 15) is 4.79 Å². The van der Waals surface area contributed by atoms with E-state index in [1.807, 2.05) is 18.2 Å². The quantitative estimate of drug-likeness (QED) is 0.573. The van der Waals surface area contributed by atoms with E-state index in [0.717, 1.165) is 36.4 Å². The van der Waals surface area contributed by atoms with E-state index in [0.29, 0.717) is 16.9 Å². The number of carbonyl (C=O) groups is 1. The van der Waals surface area contributed by atoms with Crippen LogP contribution < -0.4 is 11.1 Å². The van der Waals surface area contributed by atoms with Gasteiger partial charge in [-0.15, -0.1) is 0 Å². The lowest BCUT2D eigenvalue weighted by Crippen LogP contribution is -2.16. The second-order valence-corrected chi connectivity index (χ2v) is 6.13. The van der Waals surface area contributed by atoms with Crippen molar-refractivity contribution < 1.29 is 4.79 Å². The lowest BCUT2D eigenvalue weighted by molar-refractivity contribution is 0.100. The number of hydrogen-bond donors (Lipinski definition) is 3. The van der Waals surface area contributed by atoms with Crippen LogP contribution in [0.3, 0.4) is 0 Å². The Morgan fingerprint density at radius 1 is 1.28 bits per heavy atom. The highest BCUT2D eigenvalue weighted by Gasteiger charge is 2.14. The summed E-state index contributed by atoms with van der Waals surface area (Å²) in [6.45, 7) is 1.82. The van der Waals surface area contributed by atoms with Crippen molar-refractivity contribution in [1.29, 1.82) is 0 Å². The molecule has 0 radical (unpaired) electrons. The number of nitrogens with zero attached hydrogens (tertiary/aromatic N) is 3. The van der Waals surface area contributed by atoms with Gasteiger partial charge in [0.25, 0.3) is 5.91 Å². The third kappa shape index (κ3) is 3.77. The smallest absolute Gasteiger partial charge is 0.250 e. The average Bonchev–Trinajstić information content (AvgIpc) is 3.02. The van der Waals surface area contributed by atoms with Gasteiger partial charge < -0.3 is 20.9 Å². The molecule has 7 heteroatoms. The van der Waals surface area contributed by atoms with Crippen molar-refractivity contribution in [3.8, 4) is 11.4 Å². The summed E-state index contributed by atoms with van der Waals surface area (Å²) in [4.78, 5) is 26.0. The molecular formula is C18H22N6O. The van der Waals surface area contributed by atoms with E-state index < -0.39 is 5.91 Å². The number of aromatic amines is 1. The predicted molar refractivity (Wildman–Crippen MR) is 99.5 cm³/mol. The third-order valence-corrected chi connectivity index (χ3v) is 3.92. The Labute approximate surface area is 146 Å². The van der Waals surface area contributed by atoms with Crippen LogP contribution in [0.5, 0.6) is 0 Å². The second kappa shape index (κ2) is 7.31. The minimum atomic E-state index is -0.489. The molecule has 1 aromatic carbocycles. The largest absolute Gasteiger partial charge is 0.369 e. The molecule has 130 valence electrons. The molecule has 1 amide bonds. The Bertz CT molecular complexity index is 886. The van der Waals surface area contributed by atoms with Crippen molar-refractivity contribution in [2.45, 2.75) is 6.42 Å². The molecule has 0 unspecified atom stereocenters. The Morgan fingerprint density at radius 2 is 2.12 bits per heavy atom. The van der Waals surface area contributed by atoms with Gasteiger partial charge in [-0.25, -0.2) is 9.97 Å². The molecule has 0 saturated heterocycles. The van der Waals surface area contributed by atoms with Gasteiger partial charge in [-0.2, -0.15) is 0 Å². The number of hydrogen-bond acceptors (Lipinski definition) is 5. The number of fused-ring (bicyclic) bond motifs is 1. The first-order valence-corrected chi connectivity index (χ1v) is 8.19. The van der Waals surface area contributed by atoms with Gasteiger partial charge in [0.2, 0.25) is 0 Å². The van der Waals surface area contributed by atoms with Crippen LogP contribution in [0.25, 0.3) is 22.4 Å². The zero-order valence-electron chi connectivity index (χ0n) is 14.4. The molecule has 3 rings (SSSR count). The first-order valence-electron chi connectivity index (χ1n) is 8.19. The number of carbonyl (C=O) groups excluding carboxylic acids is 1. The highest BCUT2D eigenvalue weighted by atomic mass is 16.1. The van der Waals surface area contributed by atoms with Crippen LogP contribution in [-0.2, 0) is 0 Å². The van der Waals surface area contributed by atoms with Gasteiger partial charge in [-0.3, -0.25) is 4.79 Å². The van der Waals surface area contributed by atoms with E-state index in [2.05, 4.69) is 39.3 Å². The molecular weight excluding hydrogens is 316 g/mol. The van der Waals surface area contributed by atoms with Gasteiger partial charge in [0, 0.05) is 12.7 Å². The fourth-order valence-corrected chi connectivity index (χ4v) is 2.70. The minimum Gasteiger partial charge on any atom is -0.369 e. The summed E-state index contributed by atoms with van der Waals surface area (Å²) in [5.74, 6) is 0.935. The van der Waals surface area contributed by atoms with Gasteiger partial charge in [0.05, 0.1) is 16.6 Å². The fourth-order valence-electron chi connectivity index (χ4n) is 2.70.